The van der Waals surface area contributed by atoms with Gasteiger partial charge in [-0.05, 0) is 106 Å². The van der Waals surface area contributed by atoms with Crippen LogP contribution >= 0.6 is 34.8 Å². The Morgan fingerprint density at radius 1 is 0.961 bits per heavy atom. The minimum absolute atomic E-state index is 0.00215. The summed E-state index contributed by atoms with van der Waals surface area (Å²) in [6.45, 7) is 9.28. The lowest BCUT2D eigenvalue weighted by atomic mass is 10.1. The summed E-state index contributed by atoms with van der Waals surface area (Å²) in [5, 5.41) is 7.44. The zero-order valence-corrected chi connectivity index (χ0v) is 31.7. The van der Waals surface area contributed by atoms with Crippen LogP contribution in [0.25, 0.3) is 0 Å². The quantitative estimate of drug-likeness (QED) is 0.173. The van der Waals surface area contributed by atoms with Gasteiger partial charge in [0.2, 0.25) is 17.7 Å². The Labute approximate surface area is 314 Å². The third-order valence-electron chi connectivity index (χ3n) is 8.43. The Morgan fingerprint density at radius 2 is 1.65 bits per heavy atom. The molecular formula is C38H45Cl3N4O6. The Hall–Kier alpha value is -3.54. The summed E-state index contributed by atoms with van der Waals surface area (Å²) in [6.07, 6.45) is 2.37. The number of hydrogen-bond donors (Lipinski definition) is 2. The minimum atomic E-state index is -0.733. The summed E-state index contributed by atoms with van der Waals surface area (Å²) in [4.78, 5) is 43.1. The van der Waals surface area contributed by atoms with Crippen molar-refractivity contribution >= 4 is 58.2 Å². The van der Waals surface area contributed by atoms with Gasteiger partial charge in [0.05, 0.1) is 22.2 Å². The van der Waals surface area contributed by atoms with E-state index in [1.54, 1.807) is 41.3 Å². The van der Waals surface area contributed by atoms with Crippen LogP contribution < -0.4 is 25.0 Å². The summed E-state index contributed by atoms with van der Waals surface area (Å²) in [6, 6.07) is 15.7. The van der Waals surface area contributed by atoms with Crippen LogP contribution in [0, 0.1) is 6.92 Å². The van der Waals surface area contributed by atoms with Crippen LogP contribution in [0.5, 0.6) is 11.5 Å². The number of amides is 3. The van der Waals surface area contributed by atoms with Gasteiger partial charge >= 0.3 is 0 Å². The van der Waals surface area contributed by atoms with Crippen molar-refractivity contribution in [1.82, 2.24) is 15.5 Å². The molecule has 1 aliphatic carbocycles. The average molecular weight is 760 g/mol. The third kappa shape index (κ3) is 11.0. The van der Waals surface area contributed by atoms with Crippen molar-refractivity contribution in [1.29, 1.82) is 0 Å². The molecule has 5 rings (SSSR count). The molecule has 13 heteroatoms. The molecule has 0 radical (unpaired) electrons. The molecule has 0 spiro atoms. The first-order chi connectivity index (χ1) is 24.3. The summed E-state index contributed by atoms with van der Waals surface area (Å²) < 4.78 is 17.2. The normalized spacial score (nSPS) is 16.2. The van der Waals surface area contributed by atoms with Gasteiger partial charge in [-0.2, -0.15) is 0 Å². The maximum Gasteiger partial charge on any atom is 0.247 e. The number of rotatable bonds is 15. The SMILES string of the molecule is Cc1cc(Cl)c(OCCOc2ccc(N3C(=O)CNC[C@@H]3C(=O)N(Cc3cc(CCNC(=O)COC(C)(C)C)ccc3Cl)C3CC3)cc2)c(Cl)c1. The molecule has 10 nitrogen and oxygen atoms in total. The molecule has 1 saturated carbocycles. The zero-order chi connectivity index (χ0) is 36.7. The molecule has 274 valence electrons. The predicted molar refractivity (Wildman–Crippen MR) is 200 cm³/mol. The standard InChI is InChI=1S/C38H45Cl3N4O6/c1-24-17-31(40)36(32(41)18-24)50-16-15-49-29-10-8-28(9-11-29)45-33(20-42-21-35(45)47)37(48)44(27-6-7-27)22-26-19-25(5-12-30(26)39)13-14-43-34(46)23-51-38(2,3)4/h5,8-12,17-19,27,33,42H,6-7,13-16,20-23H2,1-4H3,(H,43,46)/t33-/m1/s1. The minimum Gasteiger partial charge on any atom is -0.490 e. The molecule has 3 aromatic carbocycles. The summed E-state index contributed by atoms with van der Waals surface area (Å²) in [7, 11) is 0. The van der Waals surface area contributed by atoms with Gasteiger partial charge in [0, 0.05) is 36.4 Å². The number of nitrogens with one attached hydrogen (secondary N) is 2. The van der Waals surface area contributed by atoms with E-state index in [4.69, 9.17) is 49.0 Å². The van der Waals surface area contributed by atoms with Crippen LogP contribution in [0.1, 0.15) is 50.3 Å². The van der Waals surface area contributed by atoms with Crippen molar-refractivity contribution in [2.45, 2.75) is 71.2 Å². The largest absolute Gasteiger partial charge is 0.490 e. The van der Waals surface area contributed by atoms with E-state index >= 15 is 0 Å². The number of aryl methyl sites for hydroxylation is 1. The topological polar surface area (TPSA) is 109 Å². The molecule has 1 atom stereocenters. The van der Waals surface area contributed by atoms with Crippen molar-refractivity contribution < 1.29 is 28.6 Å². The van der Waals surface area contributed by atoms with Crippen molar-refractivity contribution in [3.8, 4) is 11.5 Å². The lowest BCUT2D eigenvalue weighted by Gasteiger charge is -2.38. The lowest BCUT2D eigenvalue weighted by Crippen LogP contribution is -2.61. The van der Waals surface area contributed by atoms with Gasteiger partial charge in [0.15, 0.2) is 5.75 Å². The number of piperazine rings is 1. The van der Waals surface area contributed by atoms with E-state index < -0.39 is 11.6 Å². The number of ether oxygens (including phenoxy) is 3. The number of anilines is 1. The van der Waals surface area contributed by atoms with E-state index in [1.807, 2.05) is 50.8 Å². The van der Waals surface area contributed by atoms with Gasteiger partial charge in [-0.25, -0.2) is 0 Å². The number of nitrogens with zero attached hydrogens (tertiary/aromatic N) is 2. The highest BCUT2D eigenvalue weighted by Crippen LogP contribution is 2.35. The molecule has 3 amide bonds. The molecule has 0 unspecified atom stereocenters. The van der Waals surface area contributed by atoms with Crippen LogP contribution in [0.4, 0.5) is 5.69 Å². The third-order valence-corrected chi connectivity index (χ3v) is 9.36. The first-order valence-electron chi connectivity index (χ1n) is 17.1. The number of halogens is 3. The first kappa shape index (κ1) is 38.7. The maximum absolute atomic E-state index is 14.2. The van der Waals surface area contributed by atoms with Gasteiger partial charge in [-0.15, -0.1) is 0 Å². The molecule has 1 saturated heterocycles. The van der Waals surface area contributed by atoms with Gasteiger partial charge in [-0.3, -0.25) is 19.3 Å². The van der Waals surface area contributed by atoms with Crippen molar-refractivity contribution in [3.05, 3.63) is 86.4 Å². The number of hydrogen-bond acceptors (Lipinski definition) is 7. The zero-order valence-electron chi connectivity index (χ0n) is 29.4. The monoisotopic (exact) mass is 758 g/mol. The molecule has 0 aromatic heterocycles. The highest BCUT2D eigenvalue weighted by molar-refractivity contribution is 6.37. The molecule has 1 aliphatic heterocycles. The summed E-state index contributed by atoms with van der Waals surface area (Å²) in [5.74, 6) is 0.484. The van der Waals surface area contributed by atoms with Gasteiger partial charge in [0.1, 0.15) is 31.6 Å². The lowest BCUT2D eigenvalue weighted by molar-refractivity contribution is -0.136. The number of carbonyl (C=O) groups is 3. The summed E-state index contributed by atoms with van der Waals surface area (Å²) >= 11 is 19.2. The second-order valence-corrected chi connectivity index (χ2v) is 15.0. The van der Waals surface area contributed by atoms with E-state index in [0.717, 1.165) is 29.5 Å². The fourth-order valence-electron chi connectivity index (χ4n) is 5.75. The highest BCUT2D eigenvalue weighted by atomic mass is 35.5. The van der Waals surface area contributed by atoms with Crippen LogP contribution in [0.15, 0.2) is 54.6 Å². The second-order valence-electron chi connectivity index (χ2n) is 13.8. The summed E-state index contributed by atoms with van der Waals surface area (Å²) in [5.41, 5.74) is 2.95. The smallest absolute Gasteiger partial charge is 0.247 e. The molecule has 51 heavy (non-hydrogen) atoms. The fraction of sp³-hybridized carbons (Fsp3) is 0.447. The molecule has 3 aromatic rings. The fourth-order valence-corrected chi connectivity index (χ4v) is 6.63. The van der Waals surface area contributed by atoms with Crippen LogP contribution in [-0.4, -0.2) is 79.8 Å². The van der Waals surface area contributed by atoms with Crippen LogP contribution in [-0.2, 0) is 32.1 Å². The average Bonchev–Trinajstić information content (AvgIpc) is 3.92. The first-order valence-corrected chi connectivity index (χ1v) is 18.2. The maximum atomic E-state index is 14.2. The predicted octanol–water partition coefficient (Wildman–Crippen LogP) is 6.38. The molecular weight excluding hydrogens is 715 g/mol. The van der Waals surface area contributed by atoms with Gasteiger partial charge < -0.3 is 29.7 Å². The van der Waals surface area contributed by atoms with E-state index in [0.29, 0.717) is 58.3 Å². The molecule has 2 fully saturated rings. The van der Waals surface area contributed by atoms with E-state index in [9.17, 15) is 14.4 Å². The Bertz CT molecular complexity index is 1690. The van der Waals surface area contributed by atoms with Gasteiger partial charge in [0.25, 0.3) is 0 Å². The molecule has 2 N–H and O–H groups in total. The van der Waals surface area contributed by atoms with E-state index in [-0.39, 0.29) is 50.1 Å². The Kier molecular flexibility index (Phi) is 13.1. The Morgan fingerprint density at radius 3 is 2.31 bits per heavy atom. The van der Waals surface area contributed by atoms with Crippen molar-refractivity contribution in [2.24, 2.45) is 0 Å². The molecule has 0 bridgehead atoms. The highest BCUT2D eigenvalue weighted by Gasteiger charge is 2.41. The van der Waals surface area contributed by atoms with Crippen molar-refractivity contribution in [3.63, 3.8) is 0 Å². The number of carbonyl (C=O) groups excluding carboxylic acids is 3. The second kappa shape index (κ2) is 17.3. The Balaban J connectivity index is 1.20. The van der Waals surface area contributed by atoms with E-state index in [2.05, 4.69) is 10.6 Å². The van der Waals surface area contributed by atoms with E-state index in [1.165, 1.54) is 0 Å². The van der Waals surface area contributed by atoms with Crippen LogP contribution in [0.2, 0.25) is 15.1 Å². The van der Waals surface area contributed by atoms with Gasteiger partial charge in [-0.1, -0.05) is 46.9 Å². The van der Waals surface area contributed by atoms with Crippen LogP contribution in [0.3, 0.4) is 0 Å². The molecule has 2 aliphatic rings. The number of benzene rings is 3. The molecule has 1 heterocycles. The van der Waals surface area contributed by atoms with Crippen molar-refractivity contribution in [2.75, 3.05) is 44.4 Å².